The predicted molar refractivity (Wildman–Crippen MR) is 97.9 cm³/mol. The van der Waals surface area contributed by atoms with Gasteiger partial charge in [-0.2, -0.15) is 0 Å². The van der Waals surface area contributed by atoms with Gasteiger partial charge in [0.25, 0.3) is 0 Å². The summed E-state index contributed by atoms with van der Waals surface area (Å²) in [5.74, 6) is -1.79. The molecule has 0 spiro atoms. The summed E-state index contributed by atoms with van der Waals surface area (Å²) in [6.45, 7) is 0. The first-order valence-electron chi connectivity index (χ1n) is 8.55. The summed E-state index contributed by atoms with van der Waals surface area (Å²) in [7, 11) is 0. The van der Waals surface area contributed by atoms with Crippen molar-refractivity contribution >= 4 is 22.6 Å². The van der Waals surface area contributed by atoms with Crippen LogP contribution in [0.25, 0.3) is 10.8 Å². The molecule has 0 radical (unpaired) electrons. The Hall–Kier alpha value is -3.21. The lowest BCUT2D eigenvalue weighted by atomic mass is 9.98. The molecule has 2 N–H and O–H groups in total. The topological polar surface area (TPSA) is 79.3 Å². The molecule has 0 saturated carbocycles. The monoisotopic (exact) mass is 346 g/mol. The van der Waals surface area contributed by atoms with Crippen LogP contribution in [0.3, 0.4) is 0 Å². The molecule has 1 aromatic heterocycles. The number of fused-ring (bicyclic) bond motifs is 2. The number of amides is 1. The second-order valence-electron chi connectivity index (χ2n) is 6.58. The van der Waals surface area contributed by atoms with Crippen LogP contribution in [0.2, 0.25) is 0 Å². The number of nitrogens with one attached hydrogen (secondary N) is 1. The average Bonchev–Trinajstić information content (AvgIpc) is 2.99. The number of aromatic nitrogens is 1. The zero-order chi connectivity index (χ0) is 18.1. The molecule has 3 aromatic rings. The van der Waals surface area contributed by atoms with Crippen LogP contribution in [0.15, 0.2) is 60.9 Å². The maximum Gasteiger partial charge on any atom is 0.313 e. The molecule has 2 aromatic carbocycles. The van der Waals surface area contributed by atoms with Crippen molar-refractivity contribution in [3.63, 3.8) is 0 Å². The first-order valence-corrected chi connectivity index (χ1v) is 8.55. The van der Waals surface area contributed by atoms with Gasteiger partial charge in [-0.1, -0.05) is 42.5 Å². The number of hydrogen-bond donors (Lipinski definition) is 2. The van der Waals surface area contributed by atoms with Gasteiger partial charge >= 0.3 is 5.97 Å². The predicted octanol–water partition coefficient (Wildman–Crippen LogP) is 2.69. The lowest BCUT2D eigenvalue weighted by molar-refractivity contribution is -0.139. The van der Waals surface area contributed by atoms with E-state index < -0.39 is 17.9 Å². The van der Waals surface area contributed by atoms with Gasteiger partial charge in [0.05, 0.1) is 12.5 Å². The van der Waals surface area contributed by atoms with Crippen LogP contribution >= 0.6 is 0 Å². The third-order valence-electron chi connectivity index (χ3n) is 4.97. The Bertz CT molecular complexity index is 994. The second-order valence-corrected chi connectivity index (χ2v) is 6.58. The van der Waals surface area contributed by atoms with Crippen molar-refractivity contribution in [3.05, 3.63) is 77.6 Å². The third-order valence-corrected chi connectivity index (χ3v) is 4.97. The maximum atomic E-state index is 12.6. The number of aliphatic carboxylic acids is 1. The molecular weight excluding hydrogens is 328 g/mol. The quantitative estimate of drug-likeness (QED) is 0.761. The fraction of sp³-hybridized carbons (Fsp3) is 0.190. The smallest absolute Gasteiger partial charge is 0.313 e. The van der Waals surface area contributed by atoms with Crippen LogP contribution in [0, 0.1) is 0 Å². The fourth-order valence-electron chi connectivity index (χ4n) is 3.80. The highest BCUT2D eigenvalue weighted by atomic mass is 16.4. The van der Waals surface area contributed by atoms with Crippen LogP contribution in [0.4, 0.5) is 0 Å². The van der Waals surface area contributed by atoms with Crippen LogP contribution in [-0.2, 0) is 22.4 Å². The number of carbonyl (C=O) groups is 2. The van der Waals surface area contributed by atoms with E-state index in [1.807, 2.05) is 48.5 Å². The molecule has 4 rings (SSSR count). The number of rotatable bonds is 4. The van der Waals surface area contributed by atoms with E-state index in [2.05, 4.69) is 10.3 Å². The molecule has 2 atom stereocenters. The second kappa shape index (κ2) is 6.59. The molecule has 0 aliphatic heterocycles. The van der Waals surface area contributed by atoms with Crippen molar-refractivity contribution in [2.45, 2.75) is 24.8 Å². The van der Waals surface area contributed by atoms with Gasteiger partial charge in [-0.3, -0.25) is 14.6 Å². The number of benzene rings is 2. The molecule has 26 heavy (non-hydrogen) atoms. The number of pyridine rings is 1. The van der Waals surface area contributed by atoms with Crippen molar-refractivity contribution in [3.8, 4) is 0 Å². The highest BCUT2D eigenvalue weighted by molar-refractivity contribution is 5.90. The van der Waals surface area contributed by atoms with Crippen LogP contribution < -0.4 is 5.32 Å². The normalized spacial score (nSPS) is 18.5. The minimum atomic E-state index is -0.908. The summed E-state index contributed by atoms with van der Waals surface area (Å²) in [5, 5.41) is 14.5. The van der Waals surface area contributed by atoms with Gasteiger partial charge in [-0.25, -0.2) is 0 Å². The van der Waals surface area contributed by atoms with Gasteiger partial charge in [0.15, 0.2) is 0 Å². The molecule has 0 bridgehead atoms. The Balaban J connectivity index is 1.54. The van der Waals surface area contributed by atoms with E-state index in [0.717, 1.165) is 27.5 Å². The van der Waals surface area contributed by atoms with E-state index in [0.29, 0.717) is 6.42 Å². The largest absolute Gasteiger partial charge is 0.481 e. The van der Waals surface area contributed by atoms with Gasteiger partial charge in [0, 0.05) is 17.8 Å². The number of carboxylic acids is 1. The van der Waals surface area contributed by atoms with Crippen LogP contribution in [-0.4, -0.2) is 28.0 Å². The Morgan fingerprint density at radius 3 is 2.81 bits per heavy atom. The first kappa shape index (κ1) is 16.3. The molecule has 0 saturated heterocycles. The van der Waals surface area contributed by atoms with Gasteiger partial charge < -0.3 is 10.4 Å². The summed E-state index contributed by atoms with van der Waals surface area (Å²) >= 11 is 0. The molecule has 2 unspecified atom stereocenters. The zero-order valence-corrected chi connectivity index (χ0v) is 14.1. The van der Waals surface area contributed by atoms with Crippen molar-refractivity contribution in [1.29, 1.82) is 0 Å². The lowest BCUT2D eigenvalue weighted by Crippen LogP contribution is -2.41. The number of carboxylic acid groups (broad SMARTS) is 1. The lowest BCUT2D eigenvalue weighted by Gasteiger charge is -2.18. The van der Waals surface area contributed by atoms with Crippen LogP contribution in [0.5, 0.6) is 0 Å². The molecule has 0 fully saturated rings. The highest BCUT2D eigenvalue weighted by Gasteiger charge is 2.38. The van der Waals surface area contributed by atoms with Crippen molar-refractivity contribution in [1.82, 2.24) is 10.3 Å². The average molecular weight is 346 g/mol. The Morgan fingerprint density at radius 1 is 1.12 bits per heavy atom. The molecule has 1 aliphatic rings. The number of carbonyl (C=O) groups excluding carboxylic acids is 1. The molecule has 5 nitrogen and oxygen atoms in total. The Kier molecular flexibility index (Phi) is 4.13. The Morgan fingerprint density at radius 2 is 1.96 bits per heavy atom. The van der Waals surface area contributed by atoms with Gasteiger partial charge in [-0.05, 0) is 34.6 Å². The third kappa shape index (κ3) is 2.92. The van der Waals surface area contributed by atoms with Gasteiger partial charge in [0.1, 0.15) is 5.92 Å². The number of nitrogens with zero attached hydrogens (tertiary/aromatic N) is 1. The summed E-state index contributed by atoms with van der Waals surface area (Å²) in [4.78, 5) is 28.5. The Labute approximate surface area is 150 Å². The molecule has 130 valence electrons. The van der Waals surface area contributed by atoms with Crippen molar-refractivity contribution in [2.75, 3.05) is 0 Å². The maximum absolute atomic E-state index is 12.6. The summed E-state index contributed by atoms with van der Waals surface area (Å²) in [5.41, 5.74) is 2.66. The fourth-order valence-corrected chi connectivity index (χ4v) is 3.80. The minimum absolute atomic E-state index is 0.176. The van der Waals surface area contributed by atoms with E-state index in [9.17, 15) is 14.7 Å². The summed E-state index contributed by atoms with van der Waals surface area (Å²) in [6.07, 6.45) is 4.21. The molecule has 5 heteroatoms. The van der Waals surface area contributed by atoms with Crippen molar-refractivity contribution < 1.29 is 14.7 Å². The van der Waals surface area contributed by atoms with Gasteiger partial charge in [-0.15, -0.1) is 0 Å². The summed E-state index contributed by atoms with van der Waals surface area (Å²) < 4.78 is 0. The SMILES string of the molecule is O=C(Cc1cccc2ccncc12)NC1Cc2ccccc2C1C(=O)O. The first-order chi connectivity index (χ1) is 12.6. The molecule has 1 heterocycles. The number of hydrogen-bond acceptors (Lipinski definition) is 3. The van der Waals surface area contributed by atoms with E-state index in [1.165, 1.54) is 0 Å². The molecule has 1 aliphatic carbocycles. The van der Waals surface area contributed by atoms with Crippen LogP contribution in [0.1, 0.15) is 22.6 Å². The standard InChI is InChI=1S/C21H18N2O3/c24-19(11-15-6-3-5-13-8-9-22-12-17(13)15)23-18-10-14-4-1-2-7-16(14)20(18)21(25)26/h1-9,12,18,20H,10-11H2,(H,23,24)(H,25,26). The van der Waals surface area contributed by atoms with E-state index in [-0.39, 0.29) is 12.3 Å². The van der Waals surface area contributed by atoms with Gasteiger partial charge in [0.2, 0.25) is 5.91 Å². The zero-order valence-electron chi connectivity index (χ0n) is 14.1. The summed E-state index contributed by atoms with van der Waals surface area (Å²) in [6, 6.07) is 14.8. The van der Waals surface area contributed by atoms with E-state index >= 15 is 0 Å². The highest BCUT2D eigenvalue weighted by Crippen LogP contribution is 2.33. The van der Waals surface area contributed by atoms with E-state index in [4.69, 9.17) is 0 Å². The van der Waals surface area contributed by atoms with Crippen molar-refractivity contribution in [2.24, 2.45) is 0 Å². The molecular formula is C21H18N2O3. The van der Waals surface area contributed by atoms with E-state index in [1.54, 1.807) is 12.4 Å². The molecule has 1 amide bonds. The minimum Gasteiger partial charge on any atom is -0.481 e.